The lowest BCUT2D eigenvalue weighted by Crippen LogP contribution is -2.21. The van der Waals surface area contributed by atoms with Gasteiger partial charge in [0, 0.05) is 11.8 Å². The number of rotatable bonds is 6. The third kappa shape index (κ3) is 5.25. The van der Waals surface area contributed by atoms with Crippen LogP contribution in [0.5, 0.6) is 0 Å². The van der Waals surface area contributed by atoms with Crippen molar-refractivity contribution in [3.8, 4) is 0 Å². The summed E-state index contributed by atoms with van der Waals surface area (Å²) in [5.41, 5.74) is 0.190. The van der Waals surface area contributed by atoms with E-state index in [4.69, 9.17) is 9.15 Å². The first-order chi connectivity index (χ1) is 13.9. The standard InChI is InChI=1S/C20H14F2N2O5/c21-13-5-8-15(22)16(10-13)24-18(25)11-29-20(27)12-3-6-14(7-4-12)23-19(26)17-2-1-9-28-17/h1-10H,11H2,(H,23,26)(H,24,25). The highest BCUT2D eigenvalue weighted by Crippen LogP contribution is 2.15. The number of furan rings is 1. The molecule has 0 spiro atoms. The molecule has 1 heterocycles. The summed E-state index contributed by atoms with van der Waals surface area (Å²) in [4.78, 5) is 35.6. The molecule has 0 bridgehead atoms. The maximum atomic E-state index is 13.5. The van der Waals surface area contributed by atoms with Crippen molar-refractivity contribution in [1.29, 1.82) is 0 Å². The van der Waals surface area contributed by atoms with E-state index < -0.39 is 36.0 Å². The minimum absolute atomic E-state index is 0.130. The number of amides is 2. The minimum Gasteiger partial charge on any atom is -0.459 e. The predicted octanol–water partition coefficient (Wildman–Crippen LogP) is 3.61. The lowest BCUT2D eigenvalue weighted by atomic mass is 10.2. The summed E-state index contributed by atoms with van der Waals surface area (Å²) in [5.74, 6) is -3.49. The zero-order valence-electron chi connectivity index (χ0n) is 14.8. The number of halogens is 2. The van der Waals surface area contributed by atoms with Crippen LogP contribution in [0.3, 0.4) is 0 Å². The topological polar surface area (TPSA) is 97.6 Å². The van der Waals surface area contributed by atoms with Gasteiger partial charge >= 0.3 is 5.97 Å². The molecule has 0 radical (unpaired) electrons. The monoisotopic (exact) mass is 400 g/mol. The van der Waals surface area contributed by atoms with Crippen LogP contribution in [-0.4, -0.2) is 24.4 Å². The second-order valence-corrected chi connectivity index (χ2v) is 5.76. The van der Waals surface area contributed by atoms with E-state index in [0.717, 1.165) is 18.2 Å². The van der Waals surface area contributed by atoms with Crippen molar-refractivity contribution < 1.29 is 32.3 Å². The molecule has 2 aromatic carbocycles. The number of nitrogens with one attached hydrogen (secondary N) is 2. The number of anilines is 2. The highest BCUT2D eigenvalue weighted by atomic mass is 19.1. The maximum absolute atomic E-state index is 13.5. The number of hydrogen-bond acceptors (Lipinski definition) is 5. The van der Waals surface area contributed by atoms with E-state index >= 15 is 0 Å². The highest BCUT2D eigenvalue weighted by Gasteiger charge is 2.13. The van der Waals surface area contributed by atoms with Crippen LogP contribution in [0, 0.1) is 11.6 Å². The first-order valence-electron chi connectivity index (χ1n) is 8.29. The SMILES string of the molecule is O=C(COC(=O)c1ccc(NC(=O)c2ccco2)cc1)Nc1cc(F)ccc1F. The molecule has 0 fully saturated rings. The molecule has 3 aromatic rings. The molecular weight excluding hydrogens is 386 g/mol. The number of hydrogen-bond donors (Lipinski definition) is 2. The Morgan fingerprint density at radius 1 is 0.966 bits per heavy atom. The van der Waals surface area contributed by atoms with Crippen LogP contribution in [0.1, 0.15) is 20.9 Å². The van der Waals surface area contributed by atoms with E-state index in [9.17, 15) is 23.2 Å². The smallest absolute Gasteiger partial charge is 0.338 e. The van der Waals surface area contributed by atoms with Crippen molar-refractivity contribution >= 4 is 29.2 Å². The fourth-order valence-corrected chi connectivity index (χ4v) is 2.28. The van der Waals surface area contributed by atoms with Gasteiger partial charge in [0.25, 0.3) is 11.8 Å². The normalized spacial score (nSPS) is 10.3. The summed E-state index contributed by atoms with van der Waals surface area (Å²) in [6, 6.07) is 11.4. The van der Waals surface area contributed by atoms with Crippen LogP contribution in [0.2, 0.25) is 0 Å². The zero-order valence-corrected chi connectivity index (χ0v) is 14.8. The molecule has 1 aromatic heterocycles. The van der Waals surface area contributed by atoms with Gasteiger partial charge in [0.1, 0.15) is 11.6 Å². The molecule has 7 nitrogen and oxygen atoms in total. The van der Waals surface area contributed by atoms with E-state index in [1.165, 1.54) is 36.6 Å². The van der Waals surface area contributed by atoms with Gasteiger partial charge in [0.05, 0.1) is 17.5 Å². The summed E-state index contributed by atoms with van der Waals surface area (Å²) >= 11 is 0. The fourth-order valence-electron chi connectivity index (χ4n) is 2.28. The van der Waals surface area contributed by atoms with E-state index in [1.807, 2.05) is 0 Å². The van der Waals surface area contributed by atoms with Gasteiger partial charge in [0.2, 0.25) is 0 Å². The Morgan fingerprint density at radius 3 is 2.41 bits per heavy atom. The number of benzene rings is 2. The Kier molecular flexibility index (Phi) is 5.98. The molecule has 2 amide bonds. The van der Waals surface area contributed by atoms with Crippen molar-refractivity contribution in [2.24, 2.45) is 0 Å². The van der Waals surface area contributed by atoms with Crippen molar-refractivity contribution in [1.82, 2.24) is 0 Å². The quantitative estimate of drug-likeness (QED) is 0.616. The van der Waals surface area contributed by atoms with Crippen LogP contribution < -0.4 is 10.6 Å². The summed E-state index contributed by atoms with van der Waals surface area (Å²) in [6.45, 7) is -0.689. The Balaban J connectivity index is 1.52. The number of ether oxygens (including phenoxy) is 1. The van der Waals surface area contributed by atoms with Crippen molar-refractivity contribution in [2.75, 3.05) is 17.2 Å². The van der Waals surface area contributed by atoms with Gasteiger partial charge < -0.3 is 19.8 Å². The molecule has 0 saturated carbocycles. The number of carbonyl (C=O) groups excluding carboxylic acids is 3. The molecule has 29 heavy (non-hydrogen) atoms. The van der Waals surface area contributed by atoms with Gasteiger partial charge in [-0.2, -0.15) is 0 Å². The van der Waals surface area contributed by atoms with Crippen LogP contribution in [0.4, 0.5) is 20.2 Å². The van der Waals surface area contributed by atoms with E-state index in [0.29, 0.717) is 5.69 Å². The highest BCUT2D eigenvalue weighted by molar-refractivity contribution is 6.02. The predicted molar refractivity (Wildman–Crippen MR) is 98.4 cm³/mol. The molecule has 0 atom stereocenters. The van der Waals surface area contributed by atoms with Gasteiger partial charge in [-0.15, -0.1) is 0 Å². The summed E-state index contributed by atoms with van der Waals surface area (Å²) < 4.78 is 36.4. The second kappa shape index (κ2) is 8.79. The molecule has 148 valence electrons. The molecule has 0 aliphatic rings. The first kappa shape index (κ1) is 19.7. The Bertz CT molecular complexity index is 1030. The van der Waals surface area contributed by atoms with Crippen LogP contribution in [0.25, 0.3) is 0 Å². The van der Waals surface area contributed by atoms with Crippen molar-refractivity contribution in [3.05, 3.63) is 83.8 Å². The van der Waals surface area contributed by atoms with E-state index in [-0.39, 0.29) is 17.0 Å². The van der Waals surface area contributed by atoms with Crippen molar-refractivity contribution in [2.45, 2.75) is 0 Å². The van der Waals surface area contributed by atoms with Gasteiger partial charge in [-0.05, 0) is 48.5 Å². The third-order valence-corrected chi connectivity index (χ3v) is 3.66. The molecule has 2 N–H and O–H groups in total. The molecule has 0 aliphatic carbocycles. The minimum atomic E-state index is -0.829. The Morgan fingerprint density at radius 2 is 1.72 bits per heavy atom. The van der Waals surface area contributed by atoms with Gasteiger partial charge in [0.15, 0.2) is 12.4 Å². The number of esters is 1. The van der Waals surface area contributed by atoms with Gasteiger partial charge in [-0.1, -0.05) is 0 Å². The zero-order chi connectivity index (χ0) is 20.8. The largest absolute Gasteiger partial charge is 0.459 e. The molecular formula is C20H14F2N2O5. The van der Waals surface area contributed by atoms with E-state index in [2.05, 4.69) is 10.6 Å². The third-order valence-electron chi connectivity index (χ3n) is 3.66. The summed E-state index contributed by atoms with van der Waals surface area (Å²) in [6.07, 6.45) is 1.37. The van der Waals surface area contributed by atoms with Crippen LogP contribution in [-0.2, 0) is 9.53 Å². The summed E-state index contributed by atoms with van der Waals surface area (Å²) in [7, 11) is 0. The Labute approximate surface area is 163 Å². The maximum Gasteiger partial charge on any atom is 0.338 e. The average Bonchev–Trinajstić information content (AvgIpc) is 3.24. The molecule has 0 unspecified atom stereocenters. The van der Waals surface area contributed by atoms with E-state index in [1.54, 1.807) is 6.07 Å². The molecule has 9 heteroatoms. The molecule has 0 aliphatic heterocycles. The average molecular weight is 400 g/mol. The Hall–Kier alpha value is -4.01. The van der Waals surface area contributed by atoms with Gasteiger partial charge in [-0.3, -0.25) is 9.59 Å². The fraction of sp³-hybridized carbons (Fsp3) is 0.0500. The van der Waals surface area contributed by atoms with Crippen molar-refractivity contribution in [3.63, 3.8) is 0 Å². The molecule has 3 rings (SSSR count). The number of carbonyl (C=O) groups is 3. The molecule has 0 saturated heterocycles. The lowest BCUT2D eigenvalue weighted by molar-refractivity contribution is -0.119. The van der Waals surface area contributed by atoms with Crippen LogP contribution in [0.15, 0.2) is 65.3 Å². The first-order valence-corrected chi connectivity index (χ1v) is 8.29. The van der Waals surface area contributed by atoms with Crippen LogP contribution >= 0.6 is 0 Å². The second-order valence-electron chi connectivity index (χ2n) is 5.76. The lowest BCUT2D eigenvalue weighted by Gasteiger charge is -2.08. The summed E-state index contributed by atoms with van der Waals surface area (Å²) in [5, 5.41) is 4.70. The van der Waals surface area contributed by atoms with Gasteiger partial charge in [-0.25, -0.2) is 13.6 Å².